The van der Waals surface area contributed by atoms with Crippen LogP contribution in [0.4, 0.5) is 0 Å². The molecule has 2 aromatic rings. The predicted molar refractivity (Wildman–Crippen MR) is 107 cm³/mol. The van der Waals surface area contributed by atoms with Crippen LogP contribution in [0.25, 0.3) is 10.6 Å². The molecule has 27 heavy (non-hydrogen) atoms. The van der Waals surface area contributed by atoms with Crippen molar-refractivity contribution >= 4 is 23.2 Å². The van der Waals surface area contributed by atoms with Crippen molar-refractivity contribution in [3.05, 3.63) is 40.9 Å². The maximum atomic E-state index is 12.5. The molecule has 0 radical (unpaired) electrons. The fourth-order valence-corrected chi connectivity index (χ4v) is 4.35. The first kappa shape index (κ1) is 19.5. The SMILES string of the molecule is CCN(C(=O)COC(=O)c1ccc(-c2cccs2)nc1C)C1CCCCC1. The summed E-state index contributed by atoms with van der Waals surface area (Å²) >= 11 is 1.60. The van der Waals surface area contributed by atoms with Crippen LogP contribution in [0.1, 0.15) is 55.1 Å². The van der Waals surface area contributed by atoms with Crippen LogP contribution in [-0.2, 0) is 9.53 Å². The van der Waals surface area contributed by atoms with E-state index in [9.17, 15) is 9.59 Å². The van der Waals surface area contributed by atoms with Gasteiger partial charge in [0, 0.05) is 12.6 Å². The number of esters is 1. The smallest absolute Gasteiger partial charge is 0.340 e. The molecule has 1 aliphatic carbocycles. The average molecular weight is 387 g/mol. The number of aromatic nitrogens is 1. The molecule has 1 fully saturated rings. The molecule has 0 aromatic carbocycles. The Kier molecular flexibility index (Phi) is 6.61. The molecule has 2 aromatic heterocycles. The number of ether oxygens (including phenoxy) is 1. The van der Waals surface area contributed by atoms with Crippen LogP contribution in [0.3, 0.4) is 0 Å². The van der Waals surface area contributed by atoms with Crippen molar-refractivity contribution in [2.45, 2.75) is 52.0 Å². The Bertz CT molecular complexity index is 783. The number of aryl methyl sites for hydroxylation is 1. The minimum atomic E-state index is -0.495. The Morgan fingerprint density at radius 3 is 2.63 bits per heavy atom. The Morgan fingerprint density at radius 1 is 1.22 bits per heavy atom. The topological polar surface area (TPSA) is 59.5 Å². The first-order valence-electron chi connectivity index (χ1n) is 9.58. The van der Waals surface area contributed by atoms with Crippen LogP contribution in [0.2, 0.25) is 0 Å². The molecule has 0 bridgehead atoms. The van der Waals surface area contributed by atoms with E-state index in [0.717, 1.165) is 36.3 Å². The Hall–Kier alpha value is -2.21. The molecule has 5 nitrogen and oxygen atoms in total. The fraction of sp³-hybridized carbons (Fsp3) is 0.476. The highest BCUT2D eigenvalue weighted by molar-refractivity contribution is 7.13. The maximum absolute atomic E-state index is 12.5. The van der Waals surface area contributed by atoms with E-state index < -0.39 is 5.97 Å². The van der Waals surface area contributed by atoms with Gasteiger partial charge < -0.3 is 9.64 Å². The van der Waals surface area contributed by atoms with E-state index in [1.807, 2.05) is 35.4 Å². The first-order chi connectivity index (χ1) is 13.1. The van der Waals surface area contributed by atoms with E-state index in [1.54, 1.807) is 24.3 Å². The lowest BCUT2D eigenvalue weighted by molar-refractivity contribution is -0.137. The second-order valence-corrected chi connectivity index (χ2v) is 7.80. The molecule has 0 N–H and O–H groups in total. The number of carbonyl (C=O) groups is 2. The fourth-order valence-electron chi connectivity index (χ4n) is 3.66. The lowest BCUT2D eigenvalue weighted by atomic mass is 9.94. The highest BCUT2D eigenvalue weighted by atomic mass is 32.1. The third-order valence-corrected chi connectivity index (χ3v) is 5.97. The molecule has 2 heterocycles. The van der Waals surface area contributed by atoms with Crippen molar-refractivity contribution in [2.75, 3.05) is 13.2 Å². The number of pyridine rings is 1. The molecule has 1 aliphatic rings. The van der Waals surface area contributed by atoms with Gasteiger partial charge in [0.2, 0.25) is 0 Å². The molecule has 0 unspecified atom stereocenters. The van der Waals surface area contributed by atoms with Crippen molar-refractivity contribution in [2.24, 2.45) is 0 Å². The lowest BCUT2D eigenvalue weighted by Crippen LogP contribution is -2.43. The van der Waals surface area contributed by atoms with E-state index in [4.69, 9.17) is 4.74 Å². The summed E-state index contributed by atoms with van der Waals surface area (Å²) in [5, 5.41) is 1.99. The Labute approximate surface area is 164 Å². The summed E-state index contributed by atoms with van der Waals surface area (Å²) < 4.78 is 5.31. The normalized spacial score (nSPS) is 14.7. The Balaban J connectivity index is 1.60. The minimum Gasteiger partial charge on any atom is -0.452 e. The van der Waals surface area contributed by atoms with Gasteiger partial charge in [-0.2, -0.15) is 0 Å². The minimum absolute atomic E-state index is 0.112. The van der Waals surface area contributed by atoms with Crippen molar-refractivity contribution in [3.63, 3.8) is 0 Å². The van der Waals surface area contributed by atoms with E-state index in [-0.39, 0.29) is 18.6 Å². The molecular formula is C21H26N2O3S. The van der Waals surface area contributed by atoms with Gasteiger partial charge in [0.1, 0.15) is 0 Å². The van der Waals surface area contributed by atoms with Crippen LogP contribution < -0.4 is 0 Å². The summed E-state index contributed by atoms with van der Waals surface area (Å²) in [6.45, 7) is 4.20. The zero-order valence-electron chi connectivity index (χ0n) is 15.9. The van der Waals surface area contributed by atoms with Crippen molar-refractivity contribution in [1.82, 2.24) is 9.88 Å². The average Bonchev–Trinajstić information content (AvgIpc) is 3.22. The number of amides is 1. The van der Waals surface area contributed by atoms with Gasteiger partial charge in [0.15, 0.2) is 6.61 Å². The van der Waals surface area contributed by atoms with E-state index >= 15 is 0 Å². The zero-order valence-corrected chi connectivity index (χ0v) is 16.8. The number of likely N-dealkylation sites (N-methyl/N-ethyl adjacent to an activating group) is 1. The van der Waals surface area contributed by atoms with Gasteiger partial charge in [-0.05, 0) is 50.3 Å². The third kappa shape index (κ3) is 4.75. The van der Waals surface area contributed by atoms with Gasteiger partial charge in [-0.3, -0.25) is 9.78 Å². The van der Waals surface area contributed by atoms with E-state index in [1.165, 1.54) is 6.42 Å². The molecule has 1 saturated carbocycles. The third-order valence-electron chi connectivity index (χ3n) is 5.08. The van der Waals surface area contributed by atoms with Crippen LogP contribution in [0.5, 0.6) is 0 Å². The van der Waals surface area contributed by atoms with E-state index in [2.05, 4.69) is 4.98 Å². The van der Waals surface area contributed by atoms with Crippen molar-refractivity contribution < 1.29 is 14.3 Å². The van der Waals surface area contributed by atoms with Crippen LogP contribution in [0, 0.1) is 6.92 Å². The summed E-state index contributed by atoms with van der Waals surface area (Å²) in [7, 11) is 0. The number of rotatable bonds is 6. The molecule has 0 atom stereocenters. The van der Waals surface area contributed by atoms with Crippen molar-refractivity contribution in [1.29, 1.82) is 0 Å². The van der Waals surface area contributed by atoms with Crippen LogP contribution >= 0.6 is 11.3 Å². The summed E-state index contributed by atoms with van der Waals surface area (Å²) in [6, 6.07) is 7.79. The summed E-state index contributed by atoms with van der Waals surface area (Å²) in [6.07, 6.45) is 5.65. The number of nitrogens with zero attached hydrogens (tertiary/aromatic N) is 2. The number of hydrogen-bond acceptors (Lipinski definition) is 5. The summed E-state index contributed by atoms with van der Waals surface area (Å²) in [5.74, 6) is -0.607. The number of carbonyl (C=O) groups excluding carboxylic acids is 2. The van der Waals surface area contributed by atoms with Gasteiger partial charge in [0.25, 0.3) is 5.91 Å². The van der Waals surface area contributed by atoms with Gasteiger partial charge in [-0.25, -0.2) is 4.79 Å². The second-order valence-electron chi connectivity index (χ2n) is 6.85. The van der Waals surface area contributed by atoms with E-state index in [0.29, 0.717) is 17.8 Å². The Morgan fingerprint density at radius 2 is 2.00 bits per heavy atom. The standard InChI is InChI=1S/C21H26N2O3S/c1-3-23(16-8-5-4-6-9-16)20(24)14-26-21(25)17-11-12-18(22-15(17)2)19-10-7-13-27-19/h7,10-13,16H,3-6,8-9,14H2,1-2H3. The highest BCUT2D eigenvalue weighted by Crippen LogP contribution is 2.24. The molecule has 6 heteroatoms. The summed E-state index contributed by atoms with van der Waals surface area (Å²) in [5.41, 5.74) is 1.85. The highest BCUT2D eigenvalue weighted by Gasteiger charge is 2.25. The van der Waals surface area contributed by atoms with Gasteiger partial charge in [0.05, 0.1) is 21.8 Å². The van der Waals surface area contributed by atoms with Crippen molar-refractivity contribution in [3.8, 4) is 10.6 Å². The molecule has 0 spiro atoms. The predicted octanol–water partition coefficient (Wildman–Crippen LogP) is 4.46. The quantitative estimate of drug-likeness (QED) is 0.688. The number of thiophene rings is 1. The van der Waals surface area contributed by atoms with Gasteiger partial charge in [-0.15, -0.1) is 11.3 Å². The maximum Gasteiger partial charge on any atom is 0.340 e. The van der Waals surface area contributed by atoms with Gasteiger partial charge in [-0.1, -0.05) is 25.3 Å². The number of hydrogen-bond donors (Lipinski definition) is 0. The molecule has 3 rings (SSSR count). The van der Waals surface area contributed by atoms with Gasteiger partial charge >= 0.3 is 5.97 Å². The largest absolute Gasteiger partial charge is 0.452 e. The second kappa shape index (κ2) is 9.13. The molecule has 144 valence electrons. The van der Waals surface area contributed by atoms with Crippen LogP contribution in [-0.4, -0.2) is 41.0 Å². The monoisotopic (exact) mass is 386 g/mol. The molecular weight excluding hydrogens is 360 g/mol. The molecule has 0 aliphatic heterocycles. The first-order valence-corrected chi connectivity index (χ1v) is 10.5. The summed E-state index contributed by atoms with van der Waals surface area (Å²) in [4.78, 5) is 32.4. The molecule has 0 saturated heterocycles. The zero-order chi connectivity index (χ0) is 19.2. The lowest BCUT2D eigenvalue weighted by Gasteiger charge is -2.33. The van der Waals surface area contributed by atoms with Crippen LogP contribution in [0.15, 0.2) is 29.6 Å². The molecule has 1 amide bonds.